The van der Waals surface area contributed by atoms with Crippen molar-refractivity contribution in [1.82, 2.24) is 10.6 Å². The molecule has 15 heavy (non-hydrogen) atoms. The molecule has 0 aromatic heterocycles. The molecule has 0 aromatic rings. The Morgan fingerprint density at radius 1 is 1.47 bits per heavy atom. The summed E-state index contributed by atoms with van der Waals surface area (Å²) in [5.41, 5.74) is -0.454. The molecule has 0 unspecified atom stereocenters. The molecule has 1 aliphatic heterocycles. The lowest BCUT2D eigenvalue weighted by Gasteiger charge is -2.36. The maximum atomic E-state index is 11.8. The van der Waals surface area contributed by atoms with Gasteiger partial charge in [0.15, 0.2) is 0 Å². The number of hydrogen-bond acceptors (Lipinski definition) is 4. The summed E-state index contributed by atoms with van der Waals surface area (Å²) in [5.74, 6) is 0.422. The van der Waals surface area contributed by atoms with Gasteiger partial charge >= 0.3 is 5.97 Å². The molecule has 0 radical (unpaired) electrons. The largest absolute Gasteiger partial charge is 0.468 e. The normalized spacial score (nSPS) is 20.3. The lowest BCUT2D eigenvalue weighted by Crippen LogP contribution is -2.58. The standard InChI is InChI=1S/C11H22N2O2/c1-9(2)8-13-11(10(14)15-3)4-6-12-7-5-11/h9,12-13H,4-8H2,1-3H3. The van der Waals surface area contributed by atoms with E-state index in [9.17, 15) is 4.79 Å². The van der Waals surface area contributed by atoms with Gasteiger partial charge in [-0.25, -0.2) is 0 Å². The minimum absolute atomic E-state index is 0.121. The topological polar surface area (TPSA) is 50.4 Å². The summed E-state index contributed by atoms with van der Waals surface area (Å²) in [7, 11) is 1.46. The molecule has 4 nitrogen and oxygen atoms in total. The van der Waals surface area contributed by atoms with Crippen molar-refractivity contribution in [2.45, 2.75) is 32.2 Å². The van der Waals surface area contributed by atoms with Gasteiger partial charge in [-0.2, -0.15) is 0 Å². The zero-order valence-electron chi connectivity index (χ0n) is 9.93. The number of methoxy groups -OCH3 is 1. The molecule has 0 aromatic carbocycles. The summed E-state index contributed by atoms with van der Waals surface area (Å²) >= 11 is 0. The molecule has 1 rings (SSSR count). The highest BCUT2D eigenvalue weighted by Gasteiger charge is 2.40. The molecule has 2 N–H and O–H groups in total. The van der Waals surface area contributed by atoms with Crippen LogP contribution in [0.5, 0.6) is 0 Å². The van der Waals surface area contributed by atoms with E-state index in [1.807, 2.05) is 0 Å². The van der Waals surface area contributed by atoms with Gasteiger partial charge in [0.1, 0.15) is 5.54 Å². The van der Waals surface area contributed by atoms with Gasteiger partial charge in [-0.1, -0.05) is 13.8 Å². The summed E-state index contributed by atoms with van der Waals surface area (Å²) < 4.78 is 4.90. The SMILES string of the molecule is COC(=O)C1(NCC(C)C)CCNCC1. The van der Waals surface area contributed by atoms with Crippen LogP contribution < -0.4 is 10.6 Å². The molecule has 1 fully saturated rings. The van der Waals surface area contributed by atoms with Gasteiger partial charge in [-0.3, -0.25) is 4.79 Å². The molecule has 0 amide bonds. The van der Waals surface area contributed by atoms with E-state index in [0.717, 1.165) is 32.5 Å². The van der Waals surface area contributed by atoms with Crippen molar-refractivity contribution < 1.29 is 9.53 Å². The van der Waals surface area contributed by atoms with Crippen LogP contribution in [-0.2, 0) is 9.53 Å². The Kier molecular flexibility index (Phi) is 4.54. The van der Waals surface area contributed by atoms with Crippen molar-refractivity contribution in [1.29, 1.82) is 0 Å². The minimum atomic E-state index is -0.454. The lowest BCUT2D eigenvalue weighted by atomic mass is 9.88. The van der Waals surface area contributed by atoms with Crippen LogP contribution in [0.4, 0.5) is 0 Å². The molecule has 0 saturated carbocycles. The summed E-state index contributed by atoms with van der Waals surface area (Å²) in [6.07, 6.45) is 1.62. The number of nitrogens with one attached hydrogen (secondary N) is 2. The summed E-state index contributed by atoms with van der Waals surface area (Å²) in [6.45, 7) is 6.88. The van der Waals surface area contributed by atoms with Gasteiger partial charge in [-0.15, -0.1) is 0 Å². The Balaban J connectivity index is 2.62. The second-order valence-electron chi connectivity index (χ2n) is 4.60. The van der Waals surface area contributed by atoms with Gasteiger partial charge in [0.25, 0.3) is 0 Å². The van der Waals surface area contributed by atoms with E-state index in [1.165, 1.54) is 7.11 Å². The van der Waals surface area contributed by atoms with E-state index < -0.39 is 5.54 Å². The first-order valence-corrected chi connectivity index (χ1v) is 5.65. The van der Waals surface area contributed by atoms with Crippen molar-refractivity contribution in [2.24, 2.45) is 5.92 Å². The van der Waals surface area contributed by atoms with Gasteiger partial charge in [-0.05, 0) is 38.4 Å². The molecule has 1 heterocycles. The number of rotatable bonds is 4. The third-order valence-corrected chi connectivity index (χ3v) is 2.88. The van der Waals surface area contributed by atoms with Crippen LogP contribution >= 0.6 is 0 Å². The first kappa shape index (κ1) is 12.5. The Morgan fingerprint density at radius 2 is 2.07 bits per heavy atom. The maximum absolute atomic E-state index is 11.8. The molecule has 0 atom stereocenters. The minimum Gasteiger partial charge on any atom is -0.468 e. The van der Waals surface area contributed by atoms with E-state index in [4.69, 9.17) is 4.74 Å². The fourth-order valence-electron chi connectivity index (χ4n) is 1.90. The Bertz CT molecular complexity index is 211. The van der Waals surface area contributed by atoms with Crippen LogP contribution in [0.2, 0.25) is 0 Å². The van der Waals surface area contributed by atoms with Gasteiger partial charge in [0, 0.05) is 0 Å². The Morgan fingerprint density at radius 3 is 2.53 bits per heavy atom. The predicted octanol–water partition coefficient (Wildman–Crippen LogP) is 0.527. The number of piperidine rings is 1. The molecule has 0 spiro atoms. The number of ether oxygens (including phenoxy) is 1. The molecule has 1 saturated heterocycles. The fraction of sp³-hybridized carbons (Fsp3) is 0.909. The number of carbonyl (C=O) groups excluding carboxylic acids is 1. The van der Waals surface area contributed by atoms with Crippen LogP contribution in [-0.4, -0.2) is 38.3 Å². The molecular formula is C11H22N2O2. The van der Waals surface area contributed by atoms with Crippen LogP contribution in [0.1, 0.15) is 26.7 Å². The summed E-state index contributed by atoms with van der Waals surface area (Å²) in [4.78, 5) is 11.8. The second-order valence-corrected chi connectivity index (χ2v) is 4.60. The van der Waals surface area contributed by atoms with Crippen molar-refractivity contribution in [2.75, 3.05) is 26.7 Å². The lowest BCUT2D eigenvalue weighted by molar-refractivity contribution is -0.150. The molecule has 4 heteroatoms. The highest BCUT2D eigenvalue weighted by atomic mass is 16.5. The zero-order valence-corrected chi connectivity index (χ0v) is 9.93. The molecular weight excluding hydrogens is 192 g/mol. The molecule has 88 valence electrons. The second kappa shape index (κ2) is 5.47. The van der Waals surface area contributed by atoms with Gasteiger partial charge < -0.3 is 15.4 Å². The van der Waals surface area contributed by atoms with Gasteiger partial charge in [0.2, 0.25) is 0 Å². The highest BCUT2D eigenvalue weighted by Crippen LogP contribution is 2.20. The van der Waals surface area contributed by atoms with Crippen LogP contribution in [0.15, 0.2) is 0 Å². The molecule has 0 bridgehead atoms. The van der Waals surface area contributed by atoms with E-state index in [0.29, 0.717) is 5.92 Å². The van der Waals surface area contributed by atoms with Crippen LogP contribution in [0.3, 0.4) is 0 Å². The van der Waals surface area contributed by atoms with Crippen molar-refractivity contribution in [3.63, 3.8) is 0 Å². The van der Waals surface area contributed by atoms with E-state index in [2.05, 4.69) is 24.5 Å². The third-order valence-electron chi connectivity index (χ3n) is 2.88. The fourth-order valence-corrected chi connectivity index (χ4v) is 1.90. The average Bonchev–Trinajstić information content (AvgIpc) is 2.26. The van der Waals surface area contributed by atoms with E-state index in [1.54, 1.807) is 0 Å². The number of esters is 1. The molecule has 0 aliphatic carbocycles. The predicted molar refractivity (Wildman–Crippen MR) is 59.7 cm³/mol. The smallest absolute Gasteiger partial charge is 0.326 e. The van der Waals surface area contributed by atoms with Crippen LogP contribution in [0.25, 0.3) is 0 Å². The zero-order chi connectivity index (χ0) is 11.3. The van der Waals surface area contributed by atoms with E-state index in [-0.39, 0.29) is 5.97 Å². The summed E-state index contributed by atoms with van der Waals surface area (Å²) in [6, 6.07) is 0. The van der Waals surface area contributed by atoms with E-state index >= 15 is 0 Å². The highest BCUT2D eigenvalue weighted by molar-refractivity contribution is 5.81. The first-order valence-electron chi connectivity index (χ1n) is 5.65. The molecule has 1 aliphatic rings. The number of carbonyl (C=O) groups is 1. The van der Waals surface area contributed by atoms with Crippen molar-refractivity contribution in [3.8, 4) is 0 Å². The maximum Gasteiger partial charge on any atom is 0.326 e. The van der Waals surface area contributed by atoms with Crippen molar-refractivity contribution >= 4 is 5.97 Å². The van der Waals surface area contributed by atoms with Gasteiger partial charge in [0.05, 0.1) is 7.11 Å². The Hall–Kier alpha value is -0.610. The van der Waals surface area contributed by atoms with Crippen molar-refractivity contribution in [3.05, 3.63) is 0 Å². The third kappa shape index (κ3) is 3.18. The average molecular weight is 214 g/mol. The quantitative estimate of drug-likeness (QED) is 0.670. The Labute approximate surface area is 91.8 Å². The van der Waals surface area contributed by atoms with Crippen LogP contribution in [0, 0.1) is 5.92 Å². The summed E-state index contributed by atoms with van der Waals surface area (Å²) in [5, 5.41) is 6.63. The first-order chi connectivity index (χ1) is 7.10. The number of hydrogen-bond donors (Lipinski definition) is 2. The monoisotopic (exact) mass is 214 g/mol.